The molecule has 0 aromatic carbocycles. The number of carboxylic acids is 2. The van der Waals surface area contributed by atoms with Crippen molar-refractivity contribution in [1.29, 1.82) is 0 Å². The lowest BCUT2D eigenvalue weighted by Crippen LogP contribution is -2.57. The van der Waals surface area contributed by atoms with Gasteiger partial charge in [-0.25, -0.2) is 4.79 Å². The van der Waals surface area contributed by atoms with Crippen LogP contribution < -0.4 is 21.7 Å². The molecule has 0 saturated carbocycles. The number of amides is 3. The van der Waals surface area contributed by atoms with Crippen LogP contribution in [0, 0.1) is 5.92 Å². The van der Waals surface area contributed by atoms with Crippen molar-refractivity contribution >= 4 is 42.3 Å². The van der Waals surface area contributed by atoms with E-state index in [-0.39, 0.29) is 18.1 Å². The van der Waals surface area contributed by atoms with E-state index < -0.39 is 60.2 Å². The maximum absolute atomic E-state index is 12.4. The van der Waals surface area contributed by atoms with E-state index in [1.165, 1.54) is 6.92 Å². The number of aliphatic carboxylic acids is 2. The molecule has 0 saturated heterocycles. The van der Waals surface area contributed by atoms with Crippen molar-refractivity contribution in [3.05, 3.63) is 0 Å². The molecule has 3 amide bonds. The van der Waals surface area contributed by atoms with Gasteiger partial charge in [-0.15, -0.1) is 0 Å². The first-order valence-electron chi connectivity index (χ1n) is 8.61. The van der Waals surface area contributed by atoms with Crippen LogP contribution in [0.15, 0.2) is 0 Å². The molecule has 4 atom stereocenters. The van der Waals surface area contributed by atoms with Crippen LogP contribution >= 0.6 is 12.6 Å². The minimum absolute atomic E-state index is 0.0492. The molecule has 0 bridgehead atoms. The fourth-order valence-electron chi connectivity index (χ4n) is 2.12. The van der Waals surface area contributed by atoms with Crippen molar-refractivity contribution in [3.8, 4) is 0 Å². The topological polar surface area (TPSA) is 188 Å². The summed E-state index contributed by atoms with van der Waals surface area (Å²) >= 11 is 4.00. The first-order valence-corrected chi connectivity index (χ1v) is 9.24. The molecule has 0 fully saturated rings. The van der Waals surface area contributed by atoms with Crippen molar-refractivity contribution in [2.24, 2.45) is 11.7 Å². The first-order chi connectivity index (χ1) is 12.9. The van der Waals surface area contributed by atoms with E-state index in [0.717, 1.165) is 0 Å². The fourth-order valence-corrected chi connectivity index (χ4v) is 2.38. The van der Waals surface area contributed by atoms with Gasteiger partial charge >= 0.3 is 11.9 Å². The molecular weight excluding hydrogens is 392 g/mol. The minimum Gasteiger partial charge on any atom is -0.481 e. The molecule has 0 rings (SSSR count). The Morgan fingerprint density at radius 1 is 0.857 bits per heavy atom. The Hall–Kier alpha value is -2.34. The molecule has 0 aromatic rings. The number of carbonyl (C=O) groups is 5. The summed E-state index contributed by atoms with van der Waals surface area (Å²) in [4.78, 5) is 58.5. The lowest BCUT2D eigenvalue weighted by molar-refractivity contribution is -0.147. The third-order valence-electron chi connectivity index (χ3n) is 3.56. The molecule has 7 N–H and O–H groups in total. The highest BCUT2D eigenvalue weighted by Crippen LogP contribution is 2.07. The largest absolute Gasteiger partial charge is 0.481 e. The van der Waals surface area contributed by atoms with Crippen LogP contribution in [0.5, 0.6) is 0 Å². The van der Waals surface area contributed by atoms with Gasteiger partial charge in [0, 0.05) is 5.75 Å². The zero-order valence-electron chi connectivity index (χ0n) is 16.0. The van der Waals surface area contributed by atoms with Gasteiger partial charge in [0.1, 0.15) is 18.1 Å². The first kappa shape index (κ1) is 25.7. The minimum atomic E-state index is -1.64. The Bertz CT molecular complexity index is 598. The van der Waals surface area contributed by atoms with Gasteiger partial charge in [-0.3, -0.25) is 19.2 Å². The van der Waals surface area contributed by atoms with Gasteiger partial charge in [0.05, 0.1) is 12.5 Å². The average Bonchev–Trinajstić information content (AvgIpc) is 2.56. The van der Waals surface area contributed by atoms with Gasteiger partial charge in [0.15, 0.2) is 0 Å². The van der Waals surface area contributed by atoms with Crippen LogP contribution in [0.4, 0.5) is 0 Å². The second-order valence-corrected chi connectivity index (χ2v) is 7.09. The fraction of sp³-hybridized carbons (Fsp3) is 0.688. The van der Waals surface area contributed by atoms with Crippen molar-refractivity contribution in [1.82, 2.24) is 16.0 Å². The molecule has 28 heavy (non-hydrogen) atoms. The summed E-state index contributed by atoms with van der Waals surface area (Å²) in [7, 11) is 0. The molecule has 12 heteroatoms. The zero-order chi connectivity index (χ0) is 22.0. The maximum Gasteiger partial charge on any atom is 0.326 e. The monoisotopic (exact) mass is 420 g/mol. The van der Waals surface area contributed by atoms with Gasteiger partial charge in [0.25, 0.3) is 0 Å². The quantitative estimate of drug-likeness (QED) is 0.182. The number of hydrogen-bond acceptors (Lipinski definition) is 7. The van der Waals surface area contributed by atoms with E-state index in [2.05, 4.69) is 28.6 Å². The van der Waals surface area contributed by atoms with Crippen molar-refractivity contribution in [2.75, 3.05) is 5.75 Å². The van der Waals surface area contributed by atoms with Crippen LogP contribution in [-0.2, 0) is 24.0 Å². The smallest absolute Gasteiger partial charge is 0.326 e. The number of carbonyl (C=O) groups excluding carboxylic acids is 3. The van der Waals surface area contributed by atoms with Gasteiger partial charge in [0.2, 0.25) is 17.7 Å². The van der Waals surface area contributed by atoms with E-state index in [4.69, 9.17) is 15.9 Å². The third-order valence-corrected chi connectivity index (χ3v) is 3.93. The summed E-state index contributed by atoms with van der Waals surface area (Å²) < 4.78 is 0. The van der Waals surface area contributed by atoms with Gasteiger partial charge < -0.3 is 31.9 Å². The standard InChI is InChI=1S/C16H28N4O7S/c1-7(2)4-9(14(24)19-10(16(26)27)5-12(21)22)18-15(25)11(6-28)20-13(23)8(3)17/h7-11,28H,4-6,17H2,1-3H3,(H,18,25)(H,19,24)(H,20,23)(H,21,22)(H,26,27). The van der Waals surface area contributed by atoms with Crippen LogP contribution in [0.2, 0.25) is 0 Å². The second-order valence-electron chi connectivity index (χ2n) is 6.72. The summed E-state index contributed by atoms with van der Waals surface area (Å²) in [6.45, 7) is 5.00. The number of carboxylic acid groups (broad SMARTS) is 2. The van der Waals surface area contributed by atoms with Gasteiger partial charge in [-0.05, 0) is 19.3 Å². The molecule has 160 valence electrons. The highest BCUT2D eigenvalue weighted by molar-refractivity contribution is 7.80. The number of nitrogens with two attached hydrogens (primary N) is 1. The Kier molecular flexibility index (Phi) is 11.2. The number of nitrogens with one attached hydrogen (secondary N) is 3. The number of rotatable bonds is 12. The predicted molar refractivity (Wildman–Crippen MR) is 103 cm³/mol. The van der Waals surface area contributed by atoms with Crippen molar-refractivity contribution in [3.63, 3.8) is 0 Å². The van der Waals surface area contributed by atoms with Gasteiger partial charge in [-0.1, -0.05) is 13.8 Å². The Balaban J connectivity index is 5.25. The molecule has 0 spiro atoms. The normalized spacial score (nSPS) is 15.1. The molecule has 0 radical (unpaired) electrons. The lowest BCUT2D eigenvalue weighted by Gasteiger charge is -2.25. The van der Waals surface area contributed by atoms with E-state index in [1.54, 1.807) is 13.8 Å². The van der Waals surface area contributed by atoms with Crippen LogP contribution in [-0.4, -0.2) is 69.8 Å². The predicted octanol–water partition coefficient (Wildman–Crippen LogP) is -1.68. The lowest BCUT2D eigenvalue weighted by atomic mass is 10.0. The zero-order valence-corrected chi connectivity index (χ0v) is 16.9. The number of thiol groups is 1. The SMILES string of the molecule is CC(C)CC(NC(=O)C(CS)NC(=O)C(C)N)C(=O)NC(CC(=O)O)C(=O)O. The molecule has 0 aliphatic heterocycles. The van der Waals surface area contributed by atoms with E-state index in [1.807, 2.05) is 0 Å². The average molecular weight is 420 g/mol. The molecule has 11 nitrogen and oxygen atoms in total. The van der Waals surface area contributed by atoms with E-state index in [9.17, 15) is 24.0 Å². The van der Waals surface area contributed by atoms with Crippen LogP contribution in [0.3, 0.4) is 0 Å². The van der Waals surface area contributed by atoms with Crippen molar-refractivity contribution in [2.45, 2.75) is 57.8 Å². The van der Waals surface area contributed by atoms with Crippen LogP contribution in [0.1, 0.15) is 33.6 Å². The van der Waals surface area contributed by atoms with Crippen LogP contribution in [0.25, 0.3) is 0 Å². The Labute approximate surface area is 168 Å². The molecule has 0 heterocycles. The molecular formula is C16H28N4O7S. The second kappa shape index (κ2) is 12.2. The number of hydrogen-bond donors (Lipinski definition) is 7. The molecule has 0 aliphatic rings. The maximum atomic E-state index is 12.4. The van der Waals surface area contributed by atoms with Crippen molar-refractivity contribution < 1.29 is 34.2 Å². The summed E-state index contributed by atoms with van der Waals surface area (Å²) in [6.07, 6.45) is -0.648. The highest BCUT2D eigenvalue weighted by Gasteiger charge is 2.30. The molecule has 0 aromatic heterocycles. The molecule has 0 aliphatic carbocycles. The molecule has 4 unspecified atom stereocenters. The third kappa shape index (κ3) is 9.55. The van der Waals surface area contributed by atoms with Gasteiger partial charge in [-0.2, -0.15) is 12.6 Å². The summed E-state index contributed by atoms with van der Waals surface area (Å²) in [6, 6.07) is -4.68. The van der Waals surface area contributed by atoms with E-state index >= 15 is 0 Å². The highest BCUT2D eigenvalue weighted by atomic mass is 32.1. The summed E-state index contributed by atoms with van der Waals surface area (Å²) in [5.74, 6) is -5.13. The Morgan fingerprint density at radius 2 is 1.32 bits per heavy atom. The Morgan fingerprint density at radius 3 is 1.71 bits per heavy atom. The van der Waals surface area contributed by atoms with E-state index in [0.29, 0.717) is 0 Å². The summed E-state index contributed by atoms with van der Waals surface area (Å²) in [5.41, 5.74) is 5.44. The summed E-state index contributed by atoms with van der Waals surface area (Å²) in [5, 5.41) is 24.8.